The summed E-state index contributed by atoms with van der Waals surface area (Å²) in [4.78, 5) is 2.42. The summed E-state index contributed by atoms with van der Waals surface area (Å²) in [6, 6.07) is 9.38. The zero-order valence-electron chi connectivity index (χ0n) is 12.5. The molecule has 0 radical (unpaired) electrons. The summed E-state index contributed by atoms with van der Waals surface area (Å²) < 4.78 is 0. The Balaban J connectivity index is 2.45. The molecule has 0 heterocycles. The number of benzene rings is 1. The lowest BCUT2D eigenvalue weighted by atomic mass is 10.1. The van der Waals surface area contributed by atoms with Crippen LogP contribution in [0.3, 0.4) is 0 Å². The van der Waals surface area contributed by atoms with Gasteiger partial charge < -0.3 is 10.2 Å². The molecule has 2 nitrogen and oxygen atoms in total. The first-order valence-electron chi connectivity index (χ1n) is 7.09. The van der Waals surface area contributed by atoms with Crippen LogP contribution in [0.25, 0.3) is 0 Å². The van der Waals surface area contributed by atoms with Gasteiger partial charge in [-0.05, 0) is 38.8 Å². The summed E-state index contributed by atoms with van der Waals surface area (Å²) in [6.07, 6.45) is 0. The van der Waals surface area contributed by atoms with Crippen molar-refractivity contribution in [3.8, 4) is 0 Å². The molecular formula is C16H28N2. The van der Waals surface area contributed by atoms with Gasteiger partial charge in [0.1, 0.15) is 0 Å². The van der Waals surface area contributed by atoms with Crippen LogP contribution in [0.1, 0.15) is 33.3 Å². The third-order valence-corrected chi connectivity index (χ3v) is 3.63. The van der Waals surface area contributed by atoms with Crippen LogP contribution in [0, 0.1) is 12.8 Å². The molecule has 1 atom stereocenters. The second-order valence-corrected chi connectivity index (χ2v) is 5.40. The predicted octanol–water partition coefficient (Wildman–Crippen LogP) is 3.46. The Hall–Kier alpha value is -1.02. The van der Waals surface area contributed by atoms with Crippen molar-refractivity contribution in [1.82, 2.24) is 5.32 Å². The monoisotopic (exact) mass is 248 g/mol. The zero-order valence-corrected chi connectivity index (χ0v) is 12.5. The molecule has 0 amide bonds. The Morgan fingerprint density at radius 3 is 2.22 bits per heavy atom. The van der Waals surface area contributed by atoms with E-state index < -0.39 is 0 Å². The molecule has 18 heavy (non-hydrogen) atoms. The van der Waals surface area contributed by atoms with Crippen LogP contribution < -0.4 is 10.2 Å². The maximum atomic E-state index is 3.59. The van der Waals surface area contributed by atoms with E-state index in [9.17, 15) is 0 Å². The van der Waals surface area contributed by atoms with E-state index in [1.54, 1.807) is 0 Å². The number of nitrogens with zero attached hydrogens (tertiary/aromatic N) is 1. The highest BCUT2D eigenvalue weighted by molar-refractivity contribution is 5.47. The summed E-state index contributed by atoms with van der Waals surface area (Å²) >= 11 is 0. The van der Waals surface area contributed by atoms with E-state index >= 15 is 0 Å². The van der Waals surface area contributed by atoms with E-state index in [4.69, 9.17) is 0 Å². The molecule has 0 aliphatic rings. The number of hydrogen-bond acceptors (Lipinski definition) is 2. The molecular weight excluding hydrogens is 220 g/mol. The summed E-state index contributed by atoms with van der Waals surface area (Å²) in [6.45, 7) is 14.3. The Morgan fingerprint density at radius 2 is 1.72 bits per heavy atom. The topological polar surface area (TPSA) is 15.3 Å². The smallest absolute Gasteiger partial charge is 0.0366 e. The number of likely N-dealkylation sites (N-methyl/N-ethyl adjacent to an activating group) is 1. The molecule has 0 aromatic heterocycles. The maximum Gasteiger partial charge on any atom is 0.0366 e. The first kappa shape index (κ1) is 15.0. The molecule has 1 N–H and O–H groups in total. The molecule has 0 spiro atoms. The van der Waals surface area contributed by atoms with Crippen molar-refractivity contribution in [3.05, 3.63) is 29.8 Å². The quantitative estimate of drug-likeness (QED) is 0.795. The Morgan fingerprint density at radius 1 is 1.11 bits per heavy atom. The van der Waals surface area contributed by atoms with Crippen LogP contribution in [0.4, 0.5) is 5.69 Å². The largest absolute Gasteiger partial charge is 0.371 e. The number of nitrogens with one attached hydrogen (secondary N) is 1. The minimum atomic E-state index is 0.585. The Labute approximate surface area is 112 Å². The van der Waals surface area contributed by atoms with Gasteiger partial charge in [-0.25, -0.2) is 0 Å². The van der Waals surface area contributed by atoms with Crippen molar-refractivity contribution in [3.63, 3.8) is 0 Å². The predicted molar refractivity (Wildman–Crippen MR) is 81.4 cm³/mol. The van der Waals surface area contributed by atoms with Crippen LogP contribution in [-0.4, -0.2) is 25.7 Å². The van der Waals surface area contributed by atoms with E-state index in [1.807, 2.05) is 0 Å². The lowest BCUT2D eigenvalue weighted by Gasteiger charge is -2.25. The van der Waals surface area contributed by atoms with Gasteiger partial charge in [-0.2, -0.15) is 0 Å². The summed E-state index contributed by atoms with van der Waals surface area (Å²) in [5.74, 6) is 0.694. The SMILES string of the molecule is CCN(CCNC(C)C(C)C)c1ccc(C)cc1. The fourth-order valence-electron chi connectivity index (χ4n) is 1.89. The third kappa shape index (κ3) is 4.69. The standard InChI is InChI=1S/C16H28N2/c1-6-18(12-11-17-15(5)13(2)3)16-9-7-14(4)8-10-16/h7-10,13,15,17H,6,11-12H2,1-5H3. The first-order valence-corrected chi connectivity index (χ1v) is 7.09. The number of anilines is 1. The van der Waals surface area contributed by atoms with Crippen molar-refractivity contribution in [2.75, 3.05) is 24.5 Å². The molecule has 1 aromatic rings. The summed E-state index contributed by atoms with van der Waals surface area (Å²) in [7, 11) is 0. The normalized spacial score (nSPS) is 12.8. The molecule has 0 aliphatic heterocycles. The van der Waals surface area contributed by atoms with Gasteiger partial charge in [0.15, 0.2) is 0 Å². The minimum absolute atomic E-state index is 0.585. The molecule has 0 saturated carbocycles. The molecule has 1 rings (SSSR count). The van der Waals surface area contributed by atoms with Gasteiger partial charge >= 0.3 is 0 Å². The van der Waals surface area contributed by atoms with E-state index in [0.29, 0.717) is 12.0 Å². The molecule has 2 heteroatoms. The van der Waals surface area contributed by atoms with Gasteiger partial charge in [-0.1, -0.05) is 31.5 Å². The second-order valence-electron chi connectivity index (χ2n) is 5.40. The van der Waals surface area contributed by atoms with Gasteiger partial charge in [0.25, 0.3) is 0 Å². The average molecular weight is 248 g/mol. The number of hydrogen-bond donors (Lipinski definition) is 1. The molecule has 1 unspecified atom stereocenters. The Kier molecular flexibility index (Phi) is 6.20. The fourth-order valence-corrected chi connectivity index (χ4v) is 1.89. The summed E-state index contributed by atoms with van der Waals surface area (Å²) in [5, 5.41) is 3.59. The highest BCUT2D eigenvalue weighted by Gasteiger charge is 2.07. The van der Waals surface area contributed by atoms with E-state index in [0.717, 1.165) is 19.6 Å². The molecule has 1 aromatic carbocycles. The minimum Gasteiger partial charge on any atom is -0.371 e. The van der Waals surface area contributed by atoms with Gasteiger partial charge in [0.05, 0.1) is 0 Å². The van der Waals surface area contributed by atoms with Gasteiger partial charge in [0, 0.05) is 31.4 Å². The van der Waals surface area contributed by atoms with Gasteiger partial charge in [0.2, 0.25) is 0 Å². The van der Waals surface area contributed by atoms with Crippen molar-refractivity contribution in [1.29, 1.82) is 0 Å². The molecule has 0 saturated heterocycles. The van der Waals surface area contributed by atoms with E-state index in [-0.39, 0.29) is 0 Å². The van der Waals surface area contributed by atoms with Gasteiger partial charge in [-0.3, -0.25) is 0 Å². The van der Waals surface area contributed by atoms with Crippen molar-refractivity contribution in [2.24, 2.45) is 5.92 Å². The number of rotatable bonds is 7. The first-order chi connectivity index (χ1) is 8.54. The molecule has 0 fully saturated rings. The lowest BCUT2D eigenvalue weighted by molar-refractivity contribution is 0.430. The summed E-state index contributed by atoms with van der Waals surface area (Å²) in [5.41, 5.74) is 2.64. The van der Waals surface area contributed by atoms with Crippen LogP contribution in [0.5, 0.6) is 0 Å². The van der Waals surface area contributed by atoms with E-state index in [1.165, 1.54) is 11.3 Å². The van der Waals surface area contributed by atoms with Crippen LogP contribution in [0.2, 0.25) is 0 Å². The van der Waals surface area contributed by atoms with Crippen molar-refractivity contribution in [2.45, 2.75) is 40.7 Å². The maximum absolute atomic E-state index is 3.59. The number of aryl methyl sites for hydroxylation is 1. The molecule has 0 bridgehead atoms. The highest BCUT2D eigenvalue weighted by atomic mass is 15.1. The molecule has 102 valence electrons. The third-order valence-electron chi connectivity index (χ3n) is 3.63. The van der Waals surface area contributed by atoms with Crippen molar-refractivity contribution < 1.29 is 0 Å². The zero-order chi connectivity index (χ0) is 13.5. The van der Waals surface area contributed by atoms with Crippen molar-refractivity contribution >= 4 is 5.69 Å². The van der Waals surface area contributed by atoms with E-state index in [2.05, 4.69) is 69.1 Å². The van der Waals surface area contributed by atoms with Gasteiger partial charge in [-0.15, -0.1) is 0 Å². The lowest BCUT2D eigenvalue weighted by Crippen LogP contribution is -2.38. The highest BCUT2D eigenvalue weighted by Crippen LogP contribution is 2.14. The van der Waals surface area contributed by atoms with Crippen LogP contribution in [0.15, 0.2) is 24.3 Å². The fraction of sp³-hybridized carbons (Fsp3) is 0.625. The average Bonchev–Trinajstić information content (AvgIpc) is 2.35. The van der Waals surface area contributed by atoms with Crippen LogP contribution in [-0.2, 0) is 0 Å². The van der Waals surface area contributed by atoms with Crippen LogP contribution >= 0.6 is 0 Å². The molecule has 0 aliphatic carbocycles. The Bertz CT molecular complexity index is 329. The second kappa shape index (κ2) is 7.42.